The molecule has 1 atom stereocenters. The van der Waals surface area contributed by atoms with Crippen LogP contribution in [0.25, 0.3) is 0 Å². The molecule has 0 fully saturated rings. The van der Waals surface area contributed by atoms with Crippen molar-refractivity contribution in [1.29, 1.82) is 0 Å². The number of aliphatic hydroxyl groups excluding tert-OH is 1. The average Bonchev–Trinajstić information content (AvgIpc) is 2.39. The molecule has 0 amide bonds. The number of unbranched alkanes of at least 4 members (excludes halogenated alkanes) is 1. The first kappa shape index (κ1) is 14.0. The van der Waals surface area contributed by atoms with Gasteiger partial charge in [0.05, 0.1) is 7.11 Å². The van der Waals surface area contributed by atoms with Gasteiger partial charge in [0.1, 0.15) is 5.75 Å². The third-order valence-corrected chi connectivity index (χ3v) is 2.71. The second-order valence-corrected chi connectivity index (χ2v) is 3.95. The van der Waals surface area contributed by atoms with Crippen molar-refractivity contribution in [2.75, 3.05) is 26.8 Å². The van der Waals surface area contributed by atoms with Gasteiger partial charge in [0.25, 0.3) is 0 Å². The van der Waals surface area contributed by atoms with Crippen molar-refractivity contribution in [3.8, 4) is 5.75 Å². The van der Waals surface area contributed by atoms with Crippen LogP contribution in [-0.2, 0) is 0 Å². The van der Waals surface area contributed by atoms with Crippen molar-refractivity contribution >= 4 is 0 Å². The lowest BCUT2D eigenvalue weighted by Gasteiger charge is -2.17. The minimum Gasteiger partial charge on any atom is -0.497 e. The van der Waals surface area contributed by atoms with E-state index in [9.17, 15) is 0 Å². The van der Waals surface area contributed by atoms with Crippen LogP contribution < -0.4 is 15.8 Å². The first-order chi connectivity index (χ1) is 8.31. The molecule has 17 heavy (non-hydrogen) atoms. The number of nitrogens with two attached hydrogens (primary N) is 1. The standard InChI is InChI=1S/C13H22N2O2/c1-17-12-6-4-5-11(9-12)13(10-14)15-7-2-3-8-16/h4-6,9,13,15-16H,2-3,7-8,10,14H2,1H3. The molecule has 96 valence electrons. The van der Waals surface area contributed by atoms with Crippen LogP contribution in [0.5, 0.6) is 5.75 Å². The number of methoxy groups -OCH3 is 1. The molecule has 4 N–H and O–H groups in total. The highest BCUT2D eigenvalue weighted by Gasteiger charge is 2.08. The Morgan fingerprint density at radius 1 is 1.41 bits per heavy atom. The molecule has 4 nitrogen and oxygen atoms in total. The largest absolute Gasteiger partial charge is 0.497 e. The molecule has 0 aliphatic rings. The molecule has 1 aromatic carbocycles. The van der Waals surface area contributed by atoms with Crippen molar-refractivity contribution in [3.63, 3.8) is 0 Å². The molecular formula is C13H22N2O2. The number of ether oxygens (including phenoxy) is 1. The van der Waals surface area contributed by atoms with Crippen molar-refractivity contribution in [2.45, 2.75) is 18.9 Å². The predicted molar refractivity (Wildman–Crippen MR) is 69.1 cm³/mol. The van der Waals surface area contributed by atoms with E-state index in [4.69, 9.17) is 15.6 Å². The lowest BCUT2D eigenvalue weighted by molar-refractivity contribution is 0.282. The monoisotopic (exact) mass is 238 g/mol. The van der Waals surface area contributed by atoms with E-state index in [0.717, 1.165) is 30.7 Å². The quantitative estimate of drug-likeness (QED) is 0.592. The number of nitrogens with one attached hydrogen (secondary N) is 1. The van der Waals surface area contributed by atoms with Gasteiger partial charge in [-0.2, -0.15) is 0 Å². The van der Waals surface area contributed by atoms with Crippen molar-refractivity contribution in [2.24, 2.45) is 5.73 Å². The summed E-state index contributed by atoms with van der Waals surface area (Å²) in [5.74, 6) is 0.845. The molecule has 0 aromatic heterocycles. The highest BCUT2D eigenvalue weighted by molar-refractivity contribution is 5.30. The van der Waals surface area contributed by atoms with E-state index >= 15 is 0 Å². The Labute approximate surface area is 103 Å². The second-order valence-electron chi connectivity index (χ2n) is 3.95. The normalized spacial score (nSPS) is 12.4. The van der Waals surface area contributed by atoms with Crippen LogP contribution in [0.4, 0.5) is 0 Å². The van der Waals surface area contributed by atoms with Crippen LogP contribution in [0.15, 0.2) is 24.3 Å². The van der Waals surface area contributed by atoms with Gasteiger partial charge in [-0.3, -0.25) is 0 Å². The molecule has 0 bridgehead atoms. The van der Waals surface area contributed by atoms with Gasteiger partial charge in [-0.15, -0.1) is 0 Å². The number of benzene rings is 1. The van der Waals surface area contributed by atoms with E-state index in [0.29, 0.717) is 6.54 Å². The van der Waals surface area contributed by atoms with Crippen LogP contribution in [0.3, 0.4) is 0 Å². The van der Waals surface area contributed by atoms with Gasteiger partial charge < -0.3 is 20.9 Å². The Kier molecular flexibility index (Phi) is 6.62. The molecule has 0 heterocycles. The summed E-state index contributed by atoms with van der Waals surface area (Å²) in [6.07, 6.45) is 1.78. The molecule has 0 aliphatic carbocycles. The highest BCUT2D eigenvalue weighted by Crippen LogP contribution is 2.18. The first-order valence-electron chi connectivity index (χ1n) is 6.00. The zero-order valence-corrected chi connectivity index (χ0v) is 10.4. The number of aliphatic hydroxyl groups is 1. The topological polar surface area (TPSA) is 67.5 Å². The smallest absolute Gasteiger partial charge is 0.119 e. The predicted octanol–water partition coefficient (Wildman–Crippen LogP) is 1.06. The Morgan fingerprint density at radius 2 is 2.24 bits per heavy atom. The second kappa shape index (κ2) is 8.06. The van der Waals surface area contributed by atoms with Gasteiger partial charge >= 0.3 is 0 Å². The minimum atomic E-state index is 0.142. The first-order valence-corrected chi connectivity index (χ1v) is 6.00. The Balaban J connectivity index is 2.53. The number of hydrogen-bond acceptors (Lipinski definition) is 4. The molecule has 0 radical (unpaired) electrons. The van der Waals surface area contributed by atoms with E-state index in [1.165, 1.54) is 0 Å². The molecule has 0 spiro atoms. The van der Waals surface area contributed by atoms with Crippen LogP contribution in [0.1, 0.15) is 24.4 Å². The summed E-state index contributed by atoms with van der Waals surface area (Å²) < 4.78 is 5.19. The van der Waals surface area contributed by atoms with Crippen LogP contribution in [-0.4, -0.2) is 31.9 Å². The molecule has 1 aromatic rings. The Hall–Kier alpha value is -1.10. The SMILES string of the molecule is COc1cccc(C(CN)NCCCCO)c1. The third-order valence-electron chi connectivity index (χ3n) is 2.71. The van der Waals surface area contributed by atoms with E-state index in [2.05, 4.69) is 5.32 Å². The van der Waals surface area contributed by atoms with E-state index in [1.54, 1.807) is 7.11 Å². The summed E-state index contributed by atoms with van der Waals surface area (Å²) >= 11 is 0. The lowest BCUT2D eigenvalue weighted by Crippen LogP contribution is -2.29. The summed E-state index contributed by atoms with van der Waals surface area (Å²) in [5, 5.41) is 12.1. The van der Waals surface area contributed by atoms with E-state index in [1.807, 2.05) is 24.3 Å². The number of hydrogen-bond donors (Lipinski definition) is 3. The average molecular weight is 238 g/mol. The van der Waals surface area contributed by atoms with E-state index in [-0.39, 0.29) is 12.6 Å². The maximum atomic E-state index is 8.71. The zero-order valence-electron chi connectivity index (χ0n) is 10.4. The van der Waals surface area contributed by atoms with Crippen LogP contribution in [0, 0.1) is 0 Å². The van der Waals surface area contributed by atoms with Crippen LogP contribution in [0.2, 0.25) is 0 Å². The maximum absolute atomic E-state index is 8.71. The number of rotatable bonds is 8. The summed E-state index contributed by atoms with van der Waals surface area (Å²) in [7, 11) is 1.66. The van der Waals surface area contributed by atoms with Gasteiger partial charge in [-0.1, -0.05) is 12.1 Å². The Morgan fingerprint density at radius 3 is 2.88 bits per heavy atom. The van der Waals surface area contributed by atoms with Crippen molar-refractivity contribution < 1.29 is 9.84 Å². The van der Waals surface area contributed by atoms with Crippen LogP contribution >= 0.6 is 0 Å². The summed E-state index contributed by atoms with van der Waals surface area (Å²) in [6.45, 7) is 1.65. The summed E-state index contributed by atoms with van der Waals surface area (Å²) in [5.41, 5.74) is 6.89. The van der Waals surface area contributed by atoms with E-state index < -0.39 is 0 Å². The Bertz CT molecular complexity index is 318. The molecule has 1 rings (SSSR count). The fraction of sp³-hybridized carbons (Fsp3) is 0.538. The molecular weight excluding hydrogens is 216 g/mol. The van der Waals surface area contributed by atoms with Gasteiger partial charge in [0, 0.05) is 19.2 Å². The molecule has 0 saturated heterocycles. The zero-order chi connectivity index (χ0) is 12.5. The van der Waals surface area contributed by atoms with Gasteiger partial charge in [-0.05, 0) is 37.1 Å². The van der Waals surface area contributed by atoms with Gasteiger partial charge in [0.15, 0.2) is 0 Å². The minimum absolute atomic E-state index is 0.142. The fourth-order valence-electron chi connectivity index (χ4n) is 1.71. The summed E-state index contributed by atoms with van der Waals surface area (Å²) in [4.78, 5) is 0. The van der Waals surface area contributed by atoms with Crippen molar-refractivity contribution in [1.82, 2.24) is 5.32 Å². The third kappa shape index (κ3) is 4.73. The summed E-state index contributed by atoms with van der Waals surface area (Å²) in [6, 6.07) is 8.06. The van der Waals surface area contributed by atoms with Gasteiger partial charge in [0.2, 0.25) is 0 Å². The lowest BCUT2D eigenvalue weighted by atomic mass is 10.1. The molecule has 1 unspecified atom stereocenters. The highest BCUT2D eigenvalue weighted by atomic mass is 16.5. The van der Waals surface area contributed by atoms with Gasteiger partial charge in [-0.25, -0.2) is 0 Å². The maximum Gasteiger partial charge on any atom is 0.119 e. The molecule has 0 saturated carbocycles. The molecule has 4 heteroatoms. The fourth-order valence-corrected chi connectivity index (χ4v) is 1.71. The molecule has 0 aliphatic heterocycles. The van der Waals surface area contributed by atoms with Crippen molar-refractivity contribution in [3.05, 3.63) is 29.8 Å².